The summed E-state index contributed by atoms with van der Waals surface area (Å²) in [5.41, 5.74) is 0.836. The molecule has 3 heterocycles. The SMILES string of the molecule is COCc1noc(CN(C)C[C@@H]2C[C@H](F)CN2Cc2cc(C)no2)n1. The van der Waals surface area contributed by atoms with E-state index < -0.39 is 6.17 Å². The minimum Gasteiger partial charge on any atom is -0.377 e. The van der Waals surface area contributed by atoms with Crippen LogP contribution < -0.4 is 0 Å². The van der Waals surface area contributed by atoms with Crippen molar-refractivity contribution in [2.24, 2.45) is 0 Å². The second kappa shape index (κ2) is 8.03. The number of halogens is 1. The van der Waals surface area contributed by atoms with Gasteiger partial charge in [-0.05, 0) is 20.4 Å². The van der Waals surface area contributed by atoms with E-state index in [0.717, 1.165) is 11.5 Å². The number of rotatable bonds is 8. The number of nitrogens with zero attached hydrogens (tertiary/aromatic N) is 5. The molecule has 9 heteroatoms. The summed E-state index contributed by atoms with van der Waals surface area (Å²) >= 11 is 0. The molecular formula is C16H24FN5O3. The minimum atomic E-state index is -0.820. The number of ether oxygens (including phenoxy) is 1. The Morgan fingerprint density at radius 1 is 1.40 bits per heavy atom. The van der Waals surface area contributed by atoms with Gasteiger partial charge in [0.15, 0.2) is 11.6 Å². The van der Waals surface area contributed by atoms with Crippen molar-refractivity contribution >= 4 is 0 Å². The summed E-state index contributed by atoms with van der Waals surface area (Å²) in [5, 5.41) is 7.74. The lowest BCUT2D eigenvalue weighted by atomic mass is 10.2. The Bertz CT molecular complexity index is 676. The molecule has 0 aromatic carbocycles. The highest BCUT2D eigenvalue weighted by atomic mass is 19.1. The van der Waals surface area contributed by atoms with E-state index in [1.165, 1.54) is 0 Å². The van der Waals surface area contributed by atoms with E-state index in [-0.39, 0.29) is 6.04 Å². The van der Waals surface area contributed by atoms with Gasteiger partial charge in [-0.3, -0.25) is 9.80 Å². The summed E-state index contributed by atoms with van der Waals surface area (Å²) in [6.07, 6.45) is -0.310. The molecule has 0 N–H and O–H groups in total. The Kier molecular flexibility index (Phi) is 5.77. The molecule has 0 aliphatic carbocycles. The normalized spacial score (nSPS) is 21.5. The van der Waals surface area contributed by atoms with E-state index in [4.69, 9.17) is 13.8 Å². The van der Waals surface area contributed by atoms with Crippen molar-refractivity contribution < 1.29 is 18.2 Å². The van der Waals surface area contributed by atoms with Gasteiger partial charge in [-0.1, -0.05) is 10.3 Å². The number of hydrogen-bond donors (Lipinski definition) is 0. The first-order valence-corrected chi connectivity index (χ1v) is 8.32. The van der Waals surface area contributed by atoms with Gasteiger partial charge in [-0.2, -0.15) is 4.98 Å². The molecule has 1 saturated heterocycles. The fraction of sp³-hybridized carbons (Fsp3) is 0.688. The van der Waals surface area contributed by atoms with Gasteiger partial charge in [-0.25, -0.2) is 4.39 Å². The predicted octanol–water partition coefficient (Wildman–Crippen LogP) is 1.56. The van der Waals surface area contributed by atoms with E-state index in [0.29, 0.717) is 50.9 Å². The number of aromatic nitrogens is 3. The van der Waals surface area contributed by atoms with Gasteiger partial charge in [0, 0.05) is 32.3 Å². The van der Waals surface area contributed by atoms with Gasteiger partial charge in [0.2, 0.25) is 5.89 Å². The molecule has 1 aliphatic heterocycles. The van der Waals surface area contributed by atoms with Gasteiger partial charge in [0.1, 0.15) is 12.8 Å². The maximum atomic E-state index is 13.9. The fourth-order valence-corrected chi connectivity index (χ4v) is 3.19. The Morgan fingerprint density at radius 3 is 2.96 bits per heavy atom. The van der Waals surface area contributed by atoms with E-state index in [1.54, 1.807) is 7.11 Å². The lowest BCUT2D eigenvalue weighted by Gasteiger charge is -2.26. The van der Waals surface area contributed by atoms with Crippen molar-refractivity contribution in [3.05, 3.63) is 29.2 Å². The second-order valence-electron chi connectivity index (χ2n) is 6.58. The lowest BCUT2D eigenvalue weighted by Crippen LogP contribution is -2.38. The van der Waals surface area contributed by atoms with E-state index in [1.807, 2.05) is 20.0 Å². The molecule has 0 saturated carbocycles. The number of likely N-dealkylation sites (tertiary alicyclic amines) is 1. The zero-order chi connectivity index (χ0) is 17.8. The number of aryl methyl sites for hydroxylation is 1. The van der Waals surface area contributed by atoms with Crippen LogP contribution in [0.3, 0.4) is 0 Å². The summed E-state index contributed by atoms with van der Waals surface area (Å²) in [4.78, 5) is 8.43. The van der Waals surface area contributed by atoms with Gasteiger partial charge in [0.05, 0.1) is 18.8 Å². The monoisotopic (exact) mass is 353 g/mol. The fourth-order valence-electron chi connectivity index (χ4n) is 3.19. The molecule has 0 amide bonds. The highest BCUT2D eigenvalue weighted by Crippen LogP contribution is 2.24. The standard InChI is InChI=1S/C16H24FN5O3/c1-11-4-14(24-19-11)8-22-6-12(17)5-13(22)7-21(2)9-16-18-15(10-23-3)20-25-16/h4,12-13H,5-10H2,1-3H3/t12-,13-/m0/s1. The lowest BCUT2D eigenvalue weighted by molar-refractivity contribution is 0.158. The van der Waals surface area contributed by atoms with Gasteiger partial charge in [-0.15, -0.1) is 0 Å². The molecule has 0 bridgehead atoms. The van der Waals surface area contributed by atoms with Crippen LogP contribution in [0.25, 0.3) is 0 Å². The van der Waals surface area contributed by atoms with Crippen molar-refractivity contribution in [2.45, 2.75) is 45.3 Å². The molecule has 0 radical (unpaired) electrons. The van der Waals surface area contributed by atoms with Crippen LogP contribution in [0.4, 0.5) is 4.39 Å². The third kappa shape index (κ3) is 4.83. The van der Waals surface area contributed by atoms with E-state index in [2.05, 4.69) is 25.1 Å². The molecule has 0 spiro atoms. The van der Waals surface area contributed by atoms with Crippen LogP contribution in [0.1, 0.15) is 29.6 Å². The second-order valence-corrected chi connectivity index (χ2v) is 6.58. The van der Waals surface area contributed by atoms with Crippen LogP contribution in [0.15, 0.2) is 15.1 Å². The molecule has 138 valence electrons. The first-order chi connectivity index (χ1) is 12.0. The van der Waals surface area contributed by atoms with Crippen LogP contribution in [0.2, 0.25) is 0 Å². The molecule has 2 atom stereocenters. The highest BCUT2D eigenvalue weighted by molar-refractivity contribution is 5.04. The molecule has 1 aliphatic rings. The Labute approximate surface area is 145 Å². The third-order valence-corrected chi connectivity index (χ3v) is 4.22. The number of alkyl halides is 1. The molecule has 2 aromatic rings. The first kappa shape index (κ1) is 18.0. The molecule has 1 fully saturated rings. The van der Waals surface area contributed by atoms with Gasteiger partial charge < -0.3 is 13.8 Å². The summed E-state index contributed by atoms with van der Waals surface area (Å²) in [5.74, 6) is 1.82. The number of likely N-dealkylation sites (N-methyl/N-ethyl adjacent to an activating group) is 1. The minimum absolute atomic E-state index is 0.103. The first-order valence-electron chi connectivity index (χ1n) is 8.32. The van der Waals surface area contributed by atoms with Crippen LogP contribution in [-0.4, -0.2) is 64.6 Å². The zero-order valence-electron chi connectivity index (χ0n) is 14.8. The molecule has 0 unspecified atom stereocenters. The van der Waals surface area contributed by atoms with Crippen molar-refractivity contribution in [2.75, 3.05) is 27.2 Å². The molecule has 2 aromatic heterocycles. The van der Waals surface area contributed by atoms with Crippen LogP contribution in [0.5, 0.6) is 0 Å². The summed E-state index contributed by atoms with van der Waals surface area (Å²) in [7, 11) is 3.54. The molecule has 25 heavy (non-hydrogen) atoms. The highest BCUT2D eigenvalue weighted by Gasteiger charge is 2.33. The third-order valence-electron chi connectivity index (χ3n) is 4.22. The van der Waals surface area contributed by atoms with Crippen LogP contribution >= 0.6 is 0 Å². The van der Waals surface area contributed by atoms with E-state index >= 15 is 0 Å². The van der Waals surface area contributed by atoms with E-state index in [9.17, 15) is 4.39 Å². The maximum Gasteiger partial charge on any atom is 0.240 e. The van der Waals surface area contributed by atoms with Crippen LogP contribution in [0, 0.1) is 6.92 Å². The largest absolute Gasteiger partial charge is 0.377 e. The summed E-state index contributed by atoms with van der Waals surface area (Å²) < 4.78 is 29.4. The quantitative estimate of drug-likeness (QED) is 0.707. The maximum absolute atomic E-state index is 13.9. The summed E-state index contributed by atoms with van der Waals surface area (Å²) in [6.45, 7) is 4.40. The summed E-state index contributed by atoms with van der Waals surface area (Å²) in [6, 6.07) is 1.99. The Balaban J connectivity index is 1.55. The Hall–Kier alpha value is -1.84. The molecule has 3 rings (SSSR count). The number of hydrogen-bond acceptors (Lipinski definition) is 8. The average Bonchev–Trinajstić information content (AvgIpc) is 3.23. The van der Waals surface area contributed by atoms with Crippen molar-refractivity contribution in [3.8, 4) is 0 Å². The number of methoxy groups -OCH3 is 1. The predicted molar refractivity (Wildman–Crippen MR) is 86.3 cm³/mol. The van der Waals surface area contributed by atoms with Gasteiger partial charge in [0.25, 0.3) is 0 Å². The zero-order valence-corrected chi connectivity index (χ0v) is 14.8. The Morgan fingerprint density at radius 2 is 2.24 bits per heavy atom. The molecular weight excluding hydrogens is 329 g/mol. The van der Waals surface area contributed by atoms with Crippen molar-refractivity contribution in [1.82, 2.24) is 25.1 Å². The van der Waals surface area contributed by atoms with Gasteiger partial charge >= 0.3 is 0 Å². The van der Waals surface area contributed by atoms with Crippen LogP contribution in [-0.2, 0) is 24.4 Å². The van der Waals surface area contributed by atoms with Crippen molar-refractivity contribution in [1.29, 1.82) is 0 Å². The molecule has 8 nitrogen and oxygen atoms in total. The topological polar surface area (TPSA) is 80.7 Å². The smallest absolute Gasteiger partial charge is 0.240 e. The van der Waals surface area contributed by atoms with Crippen molar-refractivity contribution in [3.63, 3.8) is 0 Å². The average molecular weight is 353 g/mol.